The SMILES string of the molecule is Cc1ccc(NCc2ccccc2Br)cc1C. The number of rotatable bonds is 3. The quantitative estimate of drug-likeness (QED) is 0.865. The molecule has 0 aliphatic rings. The van der Waals surface area contributed by atoms with Crippen LogP contribution < -0.4 is 5.32 Å². The van der Waals surface area contributed by atoms with Gasteiger partial charge in [-0.2, -0.15) is 0 Å². The van der Waals surface area contributed by atoms with E-state index in [0.717, 1.165) is 11.0 Å². The van der Waals surface area contributed by atoms with Crippen molar-refractivity contribution in [3.05, 3.63) is 63.6 Å². The van der Waals surface area contributed by atoms with Gasteiger partial charge >= 0.3 is 0 Å². The van der Waals surface area contributed by atoms with Crippen molar-refractivity contribution < 1.29 is 0 Å². The molecule has 0 heterocycles. The molecule has 0 fully saturated rings. The number of hydrogen-bond acceptors (Lipinski definition) is 1. The largest absolute Gasteiger partial charge is 0.381 e. The third-order valence-corrected chi connectivity index (χ3v) is 3.72. The Kier molecular flexibility index (Phi) is 3.85. The molecule has 0 atom stereocenters. The zero-order valence-electron chi connectivity index (χ0n) is 10.1. The monoisotopic (exact) mass is 289 g/mol. The van der Waals surface area contributed by atoms with Crippen LogP contribution in [-0.4, -0.2) is 0 Å². The molecule has 0 radical (unpaired) electrons. The molecule has 0 aromatic heterocycles. The normalized spacial score (nSPS) is 10.3. The molecule has 17 heavy (non-hydrogen) atoms. The maximum atomic E-state index is 3.56. The van der Waals surface area contributed by atoms with E-state index in [2.05, 4.69) is 71.5 Å². The lowest BCUT2D eigenvalue weighted by Gasteiger charge is -2.10. The molecule has 2 heteroatoms. The summed E-state index contributed by atoms with van der Waals surface area (Å²) >= 11 is 3.56. The van der Waals surface area contributed by atoms with Crippen LogP contribution >= 0.6 is 15.9 Å². The molecule has 0 saturated heterocycles. The van der Waals surface area contributed by atoms with E-state index in [4.69, 9.17) is 0 Å². The van der Waals surface area contributed by atoms with E-state index in [1.807, 2.05) is 6.07 Å². The number of nitrogens with one attached hydrogen (secondary N) is 1. The van der Waals surface area contributed by atoms with Gasteiger partial charge in [-0.25, -0.2) is 0 Å². The molecule has 0 spiro atoms. The number of hydrogen-bond donors (Lipinski definition) is 1. The maximum absolute atomic E-state index is 3.56. The van der Waals surface area contributed by atoms with Gasteiger partial charge in [-0.1, -0.05) is 40.2 Å². The first kappa shape index (κ1) is 12.2. The Labute approximate surface area is 111 Å². The van der Waals surface area contributed by atoms with Crippen LogP contribution in [-0.2, 0) is 6.54 Å². The average molecular weight is 290 g/mol. The molecule has 0 unspecified atom stereocenters. The predicted molar refractivity (Wildman–Crippen MR) is 77.4 cm³/mol. The van der Waals surface area contributed by atoms with E-state index in [1.54, 1.807) is 0 Å². The number of halogens is 1. The van der Waals surface area contributed by atoms with Crippen molar-refractivity contribution in [1.82, 2.24) is 0 Å². The maximum Gasteiger partial charge on any atom is 0.0411 e. The van der Waals surface area contributed by atoms with E-state index < -0.39 is 0 Å². The molecule has 1 N–H and O–H groups in total. The van der Waals surface area contributed by atoms with E-state index in [9.17, 15) is 0 Å². The third kappa shape index (κ3) is 3.10. The highest BCUT2D eigenvalue weighted by atomic mass is 79.9. The first-order valence-electron chi connectivity index (χ1n) is 5.71. The van der Waals surface area contributed by atoms with Gasteiger partial charge in [-0.05, 0) is 48.7 Å². The number of aryl methyl sites for hydroxylation is 2. The summed E-state index contributed by atoms with van der Waals surface area (Å²) in [5, 5.41) is 3.44. The summed E-state index contributed by atoms with van der Waals surface area (Å²) in [6.07, 6.45) is 0. The predicted octanol–water partition coefficient (Wildman–Crippen LogP) is 4.68. The van der Waals surface area contributed by atoms with Crippen LogP contribution in [0.25, 0.3) is 0 Å². The first-order chi connectivity index (χ1) is 8.16. The second-order valence-corrected chi connectivity index (χ2v) is 5.10. The molecule has 88 valence electrons. The summed E-state index contributed by atoms with van der Waals surface area (Å²) in [4.78, 5) is 0. The minimum Gasteiger partial charge on any atom is -0.381 e. The molecule has 0 aliphatic carbocycles. The summed E-state index contributed by atoms with van der Waals surface area (Å²) in [6.45, 7) is 5.11. The van der Waals surface area contributed by atoms with Crippen LogP contribution in [0.1, 0.15) is 16.7 Å². The summed E-state index contributed by atoms with van der Waals surface area (Å²) in [5.41, 5.74) is 5.09. The van der Waals surface area contributed by atoms with Gasteiger partial charge in [0.15, 0.2) is 0 Å². The Morgan fingerprint density at radius 3 is 2.47 bits per heavy atom. The fourth-order valence-electron chi connectivity index (χ4n) is 1.69. The van der Waals surface area contributed by atoms with Gasteiger partial charge in [0.05, 0.1) is 0 Å². The van der Waals surface area contributed by atoms with Crippen molar-refractivity contribution in [3.8, 4) is 0 Å². The van der Waals surface area contributed by atoms with Gasteiger partial charge in [-0.15, -0.1) is 0 Å². The van der Waals surface area contributed by atoms with Crippen LogP contribution in [0.4, 0.5) is 5.69 Å². The van der Waals surface area contributed by atoms with Crippen LogP contribution in [0.2, 0.25) is 0 Å². The summed E-state index contributed by atoms with van der Waals surface area (Å²) < 4.78 is 1.15. The van der Waals surface area contributed by atoms with Crippen molar-refractivity contribution in [2.24, 2.45) is 0 Å². The molecular formula is C15H16BrN. The Morgan fingerprint density at radius 1 is 1.00 bits per heavy atom. The number of benzene rings is 2. The molecule has 2 aromatic rings. The fraction of sp³-hybridized carbons (Fsp3) is 0.200. The standard InChI is InChI=1S/C15H16BrN/c1-11-7-8-14(9-12(11)2)17-10-13-5-3-4-6-15(13)16/h3-9,17H,10H2,1-2H3. The molecule has 0 bridgehead atoms. The second-order valence-electron chi connectivity index (χ2n) is 4.24. The van der Waals surface area contributed by atoms with Crippen LogP contribution in [0.5, 0.6) is 0 Å². The molecule has 0 amide bonds. The van der Waals surface area contributed by atoms with Gasteiger partial charge in [0.1, 0.15) is 0 Å². The van der Waals surface area contributed by atoms with Gasteiger partial charge in [0, 0.05) is 16.7 Å². The lowest BCUT2D eigenvalue weighted by molar-refractivity contribution is 1.13. The molecule has 2 rings (SSSR count). The van der Waals surface area contributed by atoms with Crippen molar-refractivity contribution in [2.45, 2.75) is 20.4 Å². The van der Waals surface area contributed by atoms with E-state index in [0.29, 0.717) is 0 Å². The van der Waals surface area contributed by atoms with Gasteiger partial charge in [0.2, 0.25) is 0 Å². The van der Waals surface area contributed by atoms with Crippen LogP contribution in [0, 0.1) is 13.8 Å². The summed E-state index contributed by atoms with van der Waals surface area (Å²) in [5.74, 6) is 0. The lowest BCUT2D eigenvalue weighted by Crippen LogP contribution is -2.00. The second kappa shape index (κ2) is 5.37. The average Bonchev–Trinajstić information content (AvgIpc) is 2.32. The highest BCUT2D eigenvalue weighted by Gasteiger charge is 1.99. The van der Waals surface area contributed by atoms with E-state index in [1.165, 1.54) is 22.4 Å². The Bertz CT molecular complexity index is 520. The smallest absolute Gasteiger partial charge is 0.0411 e. The highest BCUT2D eigenvalue weighted by molar-refractivity contribution is 9.10. The van der Waals surface area contributed by atoms with Gasteiger partial charge in [0.25, 0.3) is 0 Å². The van der Waals surface area contributed by atoms with E-state index >= 15 is 0 Å². The molecule has 1 nitrogen and oxygen atoms in total. The van der Waals surface area contributed by atoms with Crippen molar-refractivity contribution in [3.63, 3.8) is 0 Å². The minimum absolute atomic E-state index is 0.837. The molecule has 2 aromatic carbocycles. The van der Waals surface area contributed by atoms with Gasteiger partial charge in [-0.3, -0.25) is 0 Å². The zero-order chi connectivity index (χ0) is 12.3. The Hall–Kier alpha value is -1.28. The Morgan fingerprint density at radius 2 is 1.76 bits per heavy atom. The van der Waals surface area contributed by atoms with Gasteiger partial charge < -0.3 is 5.32 Å². The zero-order valence-corrected chi connectivity index (χ0v) is 11.7. The van der Waals surface area contributed by atoms with Crippen molar-refractivity contribution in [1.29, 1.82) is 0 Å². The third-order valence-electron chi connectivity index (χ3n) is 2.95. The van der Waals surface area contributed by atoms with Crippen LogP contribution in [0.15, 0.2) is 46.9 Å². The van der Waals surface area contributed by atoms with Crippen LogP contribution in [0.3, 0.4) is 0 Å². The van der Waals surface area contributed by atoms with Crippen molar-refractivity contribution in [2.75, 3.05) is 5.32 Å². The fourth-order valence-corrected chi connectivity index (χ4v) is 2.12. The highest BCUT2D eigenvalue weighted by Crippen LogP contribution is 2.19. The molecule has 0 aliphatic heterocycles. The first-order valence-corrected chi connectivity index (χ1v) is 6.50. The lowest BCUT2D eigenvalue weighted by atomic mass is 10.1. The number of anilines is 1. The summed E-state index contributed by atoms with van der Waals surface area (Å²) in [7, 11) is 0. The topological polar surface area (TPSA) is 12.0 Å². The Balaban J connectivity index is 2.08. The molecular weight excluding hydrogens is 274 g/mol. The summed E-state index contributed by atoms with van der Waals surface area (Å²) in [6, 6.07) is 14.7. The molecule has 0 saturated carbocycles. The van der Waals surface area contributed by atoms with E-state index in [-0.39, 0.29) is 0 Å². The minimum atomic E-state index is 0.837. The van der Waals surface area contributed by atoms with Crippen molar-refractivity contribution >= 4 is 21.6 Å².